The van der Waals surface area contributed by atoms with Crippen LogP contribution in [0.3, 0.4) is 0 Å². The molecule has 0 atom stereocenters. The molecule has 20 heavy (non-hydrogen) atoms. The summed E-state index contributed by atoms with van der Waals surface area (Å²) in [5.74, 6) is 0. The molecule has 0 aromatic heterocycles. The van der Waals surface area contributed by atoms with Crippen LogP contribution in [0.5, 0.6) is 0 Å². The average molecular weight is 262 g/mol. The first kappa shape index (κ1) is 13.2. The molecule has 1 aliphatic rings. The summed E-state index contributed by atoms with van der Waals surface area (Å²) in [5.41, 5.74) is 8.50. The summed E-state index contributed by atoms with van der Waals surface area (Å²) < 4.78 is 0. The molecular formula is C20H22. The van der Waals surface area contributed by atoms with Gasteiger partial charge in [-0.05, 0) is 60.4 Å². The fourth-order valence-electron chi connectivity index (χ4n) is 2.99. The highest BCUT2D eigenvalue weighted by Gasteiger charge is 2.13. The Morgan fingerprint density at radius 1 is 1.00 bits per heavy atom. The molecule has 0 N–H and O–H groups in total. The average Bonchev–Trinajstić information content (AvgIpc) is 2.69. The van der Waals surface area contributed by atoms with Crippen molar-refractivity contribution in [3.05, 3.63) is 76.4 Å². The molecule has 0 heteroatoms. The first-order chi connectivity index (χ1) is 9.78. The minimum atomic E-state index is 1.12. The van der Waals surface area contributed by atoms with Gasteiger partial charge in [-0.15, -0.1) is 0 Å². The Hall–Kier alpha value is -1.82. The maximum Gasteiger partial charge on any atom is -0.0149 e. The summed E-state index contributed by atoms with van der Waals surface area (Å²) in [6, 6.07) is 15.9. The summed E-state index contributed by atoms with van der Waals surface area (Å²) in [5, 5.41) is 0. The Bertz CT molecular complexity index is 630. The van der Waals surface area contributed by atoms with Crippen molar-refractivity contribution >= 4 is 5.57 Å². The molecule has 0 bridgehead atoms. The number of hydrogen-bond donors (Lipinski definition) is 0. The van der Waals surface area contributed by atoms with E-state index in [1.807, 2.05) is 0 Å². The van der Waals surface area contributed by atoms with Crippen LogP contribution >= 0.6 is 0 Å². The van der Waals surface area contributed by atoms with E-state index in [4.69, 9.17) is 0 Å². The third kappa shape index (κ3) is 2.56. The third-order valence-corrected chi connectivity index (χ3v) is 4.23. The quantitative estimate of drug-likeness (QED) is 0.686. The number of hydrogen-bond acceptors (Lipinski definition) is 0. The Balaban J connectivity index is 2.08. The second kappa shape index (κ2) is 5.66. The normalized spacial score (nSPS) is 14.4. The first-order valence-corrected chi connectivity index (χ1v) is 7.67. The van der Waals surface area contributed by atoms with E-state index < -0.39 is 0 Å². The van der Waals surface area contributed by atoms with Gasteiger partial charge in [0.2, 0.25) is 0 Å². The molecule has 0 heterocycles. The Kier molecular flexibility index (Phi) is 3.73. The highest BCUT2D eigenvalue weighted by atomic mass is 14.2. The zero-order valence-corrected chi connectivity index (χ0v) is 12.4. The lowest BCUT2D eigenvalue weighted by molar-refractivity contribution is 0.849. The molecule has 3 rings (SSSR count). The van der Waals surface area contributed by atoms with Gasteiger partial charge in [0, 0.05) is 0 Å². The van der Waals surface area contributed by atoms with Crippen LogP contribution in [0.25, 0.3) is 5.57 Å². The fourth-order valence-corrected chi connectivity index (χ4v) is 2.99. The van der Waals surface area contributed by atoms with Crippen LogP contribution in [-0.4, -0.2) is 0 Å². The molecule has 1 aliphatic carbocycles. The molecule has 2 aromatic rings. The van der Waals surface area contributed by atoms with Crippen LogP contribution in [0.1, 0.15) is 47.6 Å². The lowest BCUT2D eigenvalue weighted by atomic mass is 9.92. The van der Waals surface area contributed by atoms with Crippen LogP contribution < -0.4 is 0 Å². The summed E-state index contributed by atoms with van der Waals surface area (Å²) in [4.78, 5) is 0. The summed E-state index contributed by atoms with van der Waals surface area (Å²) in [6.45, 7) is 4.38. The van der Waals surface area contributed by atoms with Crippen molar-refractivity contribution < 1.29 is 0 Å². The van der Waals surface area contributed by atoms with Gasteiger partial charge in [-0.1, -0.05) is 61.0 Å². The highest BCUT2D eigenvalue weighted by Crippen LogP contribution is 2.31. The van der Waals surface area contributed by atoms with E-state index in [0.717, 1.165) is 6.42 Å². The van der Waals surface area contributed by atoms with Gasteiger partial charge in [-0.25, -0.2) is 0 Å². The lowest BCUT2D eigenvalue weighted by Gasteiger charge is -2.13. The molecule has 2 aromatic carbocycles. The second-order valence-electron chi connectivity index (χ2n) is 5.72. The Morgan fingerprint density at radius 2 is 1.80 bits per heavy atom. The topological polar surface area (TPSA) is 0 Å². The predicted octanol–water partition coefficient (Wildman–Crippen LogP) is 5.33. The monoisotopic (exact) mass is 262 g/mol. The molecule has 0 radical (unpaired) electrons. The first-order valence-electron chi connectivity index (χ1n) is 7.67. The van der Waals surface area contributed by atoms with Gasteiger partial charge in [0.1, 0.15) is 0 Å². The Morgan fingerprint density at radius 3 is 2.55 bits per heavy atom. The molecule has 0 amide bonds. The molecular weight excluding hydrogens is 240 g/mol. The van der Waals surface area contributed by atoms with Crippen molar-refractivity contribution in [3.8, 4) is 0 Å². The van der Waals surface area contributed by atoms with Crippen LogP contribution in [0.15, 0.2) is 48.5 Å². The molecule has 0 saturated carbocycles. The standard InChI is InChI=1S/C20H22/c1-3-16-10-13-20-18(14-16)6-4-5-7-19(20)17-11-8-15(2)9-12-17/h7-14H,3-6H2,1-2H3. The second-order valence-corrected chi connectivity index (χ2v) is 5.72. The lowest BCUT2D eigenvalue weighted by Crippen LogP contribution is -1.95. The zero-order valence-electron chi connectivity index (χ0n) is 12.4. The maximum atomic E-state index is 2.42. The van der Waals surface area contributed by atoms with Gasteiger partial charge in [-0.2, -0.15) is 0 Å². The van der Waals surface area contributed by atoms with Crippen LogP contribution in [-0.2, 0) is 12.8 Å². The zero-order chi connectivity index (χ0) is 13.9. The molecule has 0 saturated heterocycles. The van der Waals surface area contributed by atoms with E-state index >= 15 is 0 Å². The van der Waals surface area contributed by atoms with Crippen molar-refractivity contribution in [3.63, 3.8) is 0 Å². The van der Waals surface area contributed by atoms with Crippen molar-refractivity contribution in [1.82, 2.24) is 0 Å². The van der Waals surface area contributed by atoms with E-state index in [1.165, 1.54) is 52.7 Å². The van der Waals surface area contributed by atoms with Gasteiger partial charge in [0.15, 0.2) is 0 Å². The van der Waals surface area contributed by atoms with Crippen molar-refractivity contribution in [2.45, 2.75) is 39.5 Å². The van der Waals surface area contributed by atoms with Crippen molar-refractivity contribution in [2.24, 2.45) is 0 Å². The largest absolute Gasteiger partial charge is 0.0760 e. The minimum Gasteiger partial charge on any atom is -0.0760 e. The fraction of sp³-hybridized carbons (Fsp3) is 0.300. The molecule has 0 aliphatic heterocycles. The van der Waals surface area contributed by atoms with E-state index in [1.54, 1.807) is 0 Å². The van der Waals surface area contributed by atoms with Gasteiger partial charge in [0.25, 0.3) is 0 Å². The van der Waals surface area contributed by atoms with Crippen molar-refractivity contribution in [1.29, 1.82) is 0 Å². The molecule has 0 unspecified atom stereocenters. The summed E-state index contributed by atoms with van der Waals surface area (Å²) >= 11 is 0. The van der Waals surface area contributed by atoms with Gasteiger partial charge >= 0.3 is 0 Å². The number of allylic oxidation sites excluding steroid dienone is 1. The Labute approximate surface area is 122 Å². The third-order valence-electron chi connectivity index (χ3n) is 4.23. The number of aryl methyl sites for hydroxylation is 3. The number of fused-ring (bicyclic) bond motifs is 1. The predicted molar refractivity (Wildman–Crippen MR) is 87.0 cm³/mol. The van der Waals surface area contributed by atoms with E-state index in [9.17, 15) is 0 Å². The van der Waals surface area contributed by atoms with Crippen LogP contribution in [0.2, 0.25) is 0 Å². The van der Waals surface area contributed by atoms with E-state index in [0.29, 0.717) is 0 Å². The van der Waals surface area contributed by atoms with Crippen molar-refractivity contribution in [2.75, 3.05) is 0 Å². The minimum absolute atomic E-state index is 1.12. The molecule has 0 nitrogen and oxygen atoms in total. The van der Waals surface area contributed by atoms with Gasteiger partial charge < -0.3 is 0 Å². The highest BCUT2D eigenvalue weighted by molar-refractivity contribution is 5.82. The summed E-state index contributed by atoms with van der Waals surface area (Å²) in [6.07, 6.45) is 7.18. The molecule has 0 fully saturated rings. The van der Waals surface area contributed by atoms with Crippen LogP contribution in [0.4, 0.5) is 0 Å². The number of rotatable bonds is 2. The van der Waals surface area contributed by atoms with E-state index in [2.05, 4.69) is 62.4 Å². The summed E-state index contributed by atoms with van der Waals surface area (Å²) in [7, 11) is 0. The van der Waals surface area contributed by atoms with Gasteiger partial charge in [0.05, 0.1) is 0 Å². The SMILES string of the molecule is CCc1ccc2c(c1)CCCC=C2c1ccc(C)cc1. The van der Waals surface area contributed by atoms with E-state index in [-0.39, 0.29) is 0 Å². The van der Waals surface area contributed by atoms with Gasteiger partial charge in [-0.3, -0.25) is 0 Å². The maximum absolute atomic E-state index is 2.42. The molecule has 0 spiro atoms. The molecule has 102 valence electrons. The van der Waals surface area contributed by atoms with Crippen LogP contribution in [0, 0.1) is 6.92 Å². The smallest absolute Gasteiger partial charge is 0.0149 e. The number of benzene rings is 2.